The summed E-state index contributed by atoms with van der Waals surface area (Å²) in [5, 5.41) is 3.87. The van der Waals surface area contributed by atoms with Crippen LogP contribution in [0.15, 0.2) is 21.3 Å². The molecule has 0 saturated carbocycles. The predicted molar refractivity (Wildman–Crippen MR) is 67.0 cm³/mol. The molecule has 6 nitrogen and oxygen atoms in total. The van der Waals surface area contributed by atoms with Gasteiger partial charge in [-0.25, -0.2) is 9.18 Å². The number of methoxy groups -OCH3 is 1. The first-order valence-electron chi connectivity index (χ1n) is 6.06. The maximum Gasteiger partial charge on any atom is 0.444 e. The van der Waals surface area contributed by atoms with Crippen molar-refractivity contribution in [2.75, 3.05) is 7.11 Å². The predicted octanol–water partition coefficient (Wildman–Crippen LogP) is 1.69. The smallest absolute Gasteiger partial charge is 0.444 e. The van der Waals surface area contributed by atoms with Gasteiger partial charge in [-0.3, -0.25) is 0 Å². The average molecular weight is 280 g/mol. The summed E-state index contributed by atoms with van der Waals surface area (Å²) in [6, 6.07) is 2.71. The Morgan fingerprint density at radius 2 is 2.20 bits per heavy atom. The highest BCUT2D eigenvalue weighted by Gasteiger charge is 2.35. The summed E-state index contributed by atoms with van der Waals surface area (Å²) in [4.78, 5) is 11.7. The number of fused-ring (bicyclic) bond motifs is 1. The summed E-state index contributed by atoms with van der Waals surface area (Å²) in [5.74, 6) is -0.769. The van der Waals surface area contributed by atoms with Gasteiger partial charge >= 0.3 is 11.8 Å². The minimum Gasteiger partial charge on any atom is -0.485 e. The molecule has 3 rings (SSSR count). The van der Waals surface area contributed by atoms with Gasteiger partial charge in [0.05, 0.1) is 7.11 Å². The minimum atomic E-state index is -0.719. The summed E-state index contributed by atoms with van der Waals surface area (Å²) in [7, 11) is 1.34. The first-order valence-corrected chi connectivity index (χ1v) is 6.06. The third kappa shape index (κ3) is 1.86. The van der Waals surface area contributed by atoms with Gasteiger partial charge in [0.2, 0.25) is 0 Å². The Kier molecular flexibility index (Phi) is 2.60. The zero-order chi connectivity index (χ0) is 14.5. The number of halogens is 1. The molecule has 0 unspecified atom stereocenters. The van der Waals surface area contributed by atoms with Crippen molar-refractivity contribution in [2.24, 2.45) is 0 Å². The standard InChI is InChI=1S/C13H13FN2O4/c1-13(2)6-7-8(14)4-5-9(10(7)20-13)16-12(17)19-11(15-16)18-3/h4-5H,6H2,1-3H3. The van der Waals surface area contributed by atoms with Crippen molar-refractivity contribution < 1.29 is 18.3 Å². The molecule has 1 aliphatic heterocycles. The number of hydrogen-bond acceptors (Lipinski definition) is 5. The first-order chi connectivity index (χ1) is 9.41. The van der Waals surface area contributed by atoms with Crippen LogP contribution in [0.3, 0.4) is 0 Å². The molecule has 0 spiro atoms. The van der Waals surface area contributed by atoms with E-state index >= 15 is 0 Å². The van der Waals surface area contributed by atoms with E-state index in [1.54, 1.807) is 0 Å². The summed E-state index contributed by atoms with van der Waals surface area (Å²) < 4.78 is 30.2. The fraction of sp³-hybridized carbons (Fsp3) is 0.385. The van der Waals surface area contributed by atoms with Crippen LogP contribution in [0.4, 0.5) is 4.39 Å². The Hall–Kier alpha value is -2.31. The van der Waals surface area contributed by atoms with E-state index < -0.39 is 11.4 Å². The van der Waals surface area contributed by atoms with Gasteiger partial charge in [-0.05, 0) is 26.0 Å². The summed E-state index contributed by atoms with van der Waals surface area (Å²) >= 11 is 0. The molecule has 0 amide bonds. The fourth-order valence-corrected chi connectivity index (χ4v) is 2.27. The van der Waals surface area contributed by atoms with Gasteiger partial charge < -0.3 is 13.9 Å². The van der Waals surface area contributed by atoms with Crippen LogP contribution in [0.1, 0.15) is 19.4 Å². The third-order valence-electron chi connectivity index (χ3n) is 3.10. The highest BCUT2D eigenvalue weighted by atomic mass is 19.1. The molecule has 1 aliphatic rings. The van der Waals surface area contributed by atoms with Crippen LogP contribution < -0.4 is 15.2 Å². The van der Waals surface area contributed by atoms with Gasteiger partial charge in [0.1, 0.15) is 17.1 Å². The molecule has 0 bridgehead atoms. The largest absolute Gasteiger partial charge is 0.485 e. The molecule has 0 fully saturated rings. The molecule has 0 saturated heterocycles. The second kappa shape index (κ2) is 4.09. The van der Waals surface area contributed by atoms with E-state index in [1.165, 1.54) is 19.2 Å². The van der Waals surface area contributed by atoms with E-state index in [-0.39, 0.29) is 11.9 Å². The zero-order valence-electron chi connectivity index (χ0n) is 11.3. The quantitative estimate of drug-likeness (QED) is 0.837. The van der Waals surface area contributed by atoms with Gasteiger partial charge in [0.25, 0.3) is 0 Å². The van der Waals surface area contributed by atoms with E-state index in [0.717, 1.165) is 4.68 Å². The van der Waals surface area contributed by atoms with Crippen LogP contribution in [0, 0.1) is 5.82 Å². The van der Waals surface area contributed by atoms with E-state index in [9.17, 15) is 9.18 Å². The Labute approximate surface area is 113 Å². The maximum atomic E-state index is 13.9. The molecular weight excluding hydrogens is 267 g/mol. The van der Waals surface area contributed by atoms with Gasteiger partial charge in [0, 0.05) is 12.0 Å². The second-order valence-corrected chi connectivity index (χ2v) is 5.16. The molecule has 1 aromatic heterocycles. The van der Waals surface area contributed by atoms with Gasteiger partial charge in [-0.1, -0.05) is 5.10 Å². The number of ether oxygens (including phenoxy) is 2. The number of hydrogen-bond donors (Lipinski definition) is 0. The Morgan fingerprint density at radius 1 is 1.45 bits per heavy atom. The molecule has 0 atom stereocenters. The molecular formula is C13H13FN2O4. The van der Waals surface area contributed by atoms with Crippen LogP contribution in [-0.2, 0) is 6.42 Å². The topological polar surface area (TPSA) is 66.5 Å². The lowest BCUT2D eigenvalue weighted by molar-refractivity contribution is 0.138. The summed E-state index contributed by atoms with van der Waals surface area (Å²) in [6.07, 6.45) is 0.261. The van der Waals surface area contributed by atoms with Crippen molar-refractivity contribution in [1.29, 1.82) is 0 Å². The average Bonchev–Trinajstić information content (AvgIpc) is 2.90. The molecule has 106 valence electrons. The fourth-order valence-electron chi connectivity index (χ4n) is 2.27. The lowest BCUT2D eigenvalue weighted by atomic mass is 10.0. The van der Waals surface area contributed by atoms with E-state index in [2.05, 4.69) is 5.10 Å². The number of nitrogens with zero attached hydrogens (tertiary/aromatic N) is 2. The van der Waals surface area contributed by atoms with Gasteiger partial charge in [-0.15, -0.1) is 0 Å². The molecule has 7 heteroatoms. The number of rotatable bonds is 2. The lowest BCUT2D eigenvalue weighted by Crippen LogP contribution is -2.25. The zero-order valence-corrected chi connectivity index (χ0v) is 11.3. The highest BCUT2D eigenvalue weighted by Crippen LogP contribution is 2.40. The van der Waals surface area contributed by atoms with Crippen molar-refractivity contribution in [3.05, 3.63) is 34.1 Å². The van der Waals surface area contributed by atoms with E-state index in [4.69, 9.17) is 13.9 Å². The van der Waals surface area contributed by atoms with Crippen molar-refractivity contribution in [3.8, 4) is 17.5 Å². The Balaban J connectivity index is 2.20. The minimum absolute atomic E-state index is 0.162. The molecule has 1 aromatic carbocycles. The van der Waals surface area contributed by atoms with Gasteiger partial charge in [0.15, 0.2) is 5.75 Å². The van der Waals surface area contributed by atoms with Crippen LogP contribution in [-0.4, -0.2) is 22.5 Å². The third-order valence-corrected chi connectivity index (χ3v) is 3.10. The monoisotopic (exact) mass is 280 g/mol. The number of aromatic nitrogens is 2. The van der Waals surface area contributed by atoms with E-state index in [1.807, 2.05) is 13.8 Å². The van der Waals surface area contributed by atoms with Crippen molar-refractivity contribution in [3.63, 3.8) is 0 Å². The maximum absolute atomic E-state index is 13.9. The Bertz CT molecular complexity index is 732. The summed E-state index contributed by atoms with van der Waals surface area (Å²) in [6.45, 7) is 3.70. The van der Waals surface area contributed by atoms with Crippen molar-refractivity contribution in [1.82, 2.24) is 9.78 Å². The highest BCUT2D eigenvalue weighted by molar-refractivity contribution is 5.54. The Morgan fingerprint density at radius 3 is 2.85 bits per heavy atom. The second-order valence-electron chi connectivity index (χ2n) is 5.16. The van der Waals surface area contributed by atoms with Crippen molar-refractivity contribution >= 4 is 0 Å². The molecule has 20 heavy (non-hydrogen) atoms. The van der Waals surface area contributed by atoms with Crippen molar-refractivity contribution in [2.45, 2.75) is 25.9 Å². The molecule has 0 aliphatic carbocycles. The van der Waals surface area contributed by atoms with E-state index in [0.29, 0.717) is 23.4 Å². The first kappa shape index (κ1) is 12.7. The SMILES string of the molecule is COc1nn(-c2ccc(F)c3c2OC(C)(C)C3)c(=O)o1. The van der Waals surface area contributed by atoms with Gasteiger partial charge in [-0.2, -0.15) is 4.68 Å². The summed E-state index contributed by atoms with van der Waals surface area (Å²) in [5.41, 5.74) is 0.238. The molecule has 2 heterocycles. The normalized spacial score (nSPS) is 15.8. The number of benzene rings is 1. The lowest BCUT2D eigenvalue weighted by Gasteiger charge is -2.17. The molecule has 0 radical (unpaired) electrons. The molecule has 2 aromatic rings. The van der Waals surface area contributed by atoms with Crippen LogP contribution >= 0.6 is 0 Å². The molecule has 0 N–H and O–H groups in total. The van der Waals surface area contributed by atoms with Crippen LogP contribution in [0.25, 0.3) is 5.69 Å². The van der Waals surface area contributed by atoms with Crippen LogP contribution in [0.5, 0.6) is 11.8 Å². The van der Waals surface area contributed by atoms with Crippen LogP contribution in [0.2, 0.25) is 0 Å².